The van der Waals surface area contributed by atoms with Crippen molar-refractivity contribution in [3.05, 3.63) is 100.0 Å². The van der Waals surface area contributed by atoms with Gasteiger partial charge in [0.25, 0.3) is 0 Å². The third-order valence-corrected chi connectivity index (χ3v) is 6.64. The maximum atomic E-state index is 12.9. The molecular formula is C30H23N3O4. The molecule has 0 N–H and O–H groups in total. The van der Waals surface area contributed by atoms with Crippen molar-refractivity contribution >= 4 is 38.4 Å². The number of rotatable bonds is 5. The van der Waals surface area contributed by atoms with E-state index in [1.807, 2.05) is 54.6 Å². The molecule has 0 saturated heterocycles. The first-order chi connectivity index (χ1) is 18.0. The van der Waals surface area contributed by atoms with Gasteiger partial charge in [0.1, 0.15) is 11.2 Å². The van der Waals surface area contributed by atoms with Gasteiger partial charge >= 0.3 is 11.3 Å². The summed E-state index contributed by atoms with van der Waals surface area (Å²) in [7, 11) is 0. The minimum absolute atomic E-state index is 0.270. The Morgan fingerprint density at radius 1 is 0.676 bits per heavy atom. The average molecular weight is 490 g/mol. The zero-order valence-corrected chi connectivity index (χ0v) is 20.4. The molecule has 0 fully saturated rings. The lowest BCUT2D eigenvalue weighted by atomic mass is 10.1. The lowest BCUT2D eigenvalue weighted by Crippen LogP contribution is -2.21. The molecule has 0 aliphatic rings. The number of hydrogen-bond donors (Lipinski definition) is 0. The Kier molecular flexibility index (Phi) is 5.53. The topological polar surface area (TPSA) is 89.4 Å². The zero-order chi connectivity index (χ0) is 25.5. The predicted octanol–water partition coefficient (Wildman–Crippen LogP) is 6.02. The van der Waals surface area contributed by atoms with Gasteiger partial charge < -0.3 is 13.7 Å². The zero-order valence-electron chi connectivity index (χ0n) is 20.4. The minimum Gasteiger partial charge on any atom is -0.422 e. The molecule has 182 valence electrons. The van der Waals surface area contributed by atoms with Crippen LogP contribution in [0.2, 0.25) is 0 Å². The molecule has 0 bridgehead atoms. The summed E-state index contributed by atoms with van der Waals surface area (Å²) in [4.78, 5) is 36.8. The molecule has 7 nitrogen and oxygen atoms in total. The second-order valence-corrected chi connectivity index (χ2v) is 8.82. The van der Waals surface area contributed by atoms with E-state index < -0.39 is 11.3 Å². The quantitative estimate of drug-likeness (QED) is 0.216. The monoisotopic (exact) mass is 489 g/mol. The highest BCUT2D eigenvalue weighted by atomic mass is 16.4. The average Bonchev–Trinajstić information content (AvgIpc) is 2.92. The minimum atomic E-state index is -0.524. The van der Waals surface area contributed by atoms with Crippen LogP contribution in [0.15, 0.2) is 97.5 Å². The van der Waals surface area contributed by atoms with Crippen LogP contribution in [0.5, 0.6) is 0 Å². The number of aromatic nitrogens is 2. The molecule has 7 heteroatoms. The van der Waals surface area contributed by atoms with E-state index in [0.717, 1.165) is 40.3 Å². The highest BCUT2D eigenvalue weighted by Gasteiger charge is 2.15. The van der Waals surface area contributed by atoms with Gasteiger partial charge in [-0.2, -0.15) is 0 Å². The molecule has 0 spiro atoms. The van der Waals surface area contributed by atoms with E-state index in [2.05, 4.69) is 28.7 Å². The van der Waals surface area contributed by atoms with Crippen molar-refractivity contribution < 1.29 is 8.83 Å². The molecule has 0 atom stereocenters. The van der Waals surface area contributed by atoms with Crippen molar-refractivity contribution in [2.24, 2.45) is 0 Å². The van der Waals surface area contributed by atoms with E-state index in [4.69, 9.17) is 8.83 Å². The maximum absolute atomic E-state index is 12.9. The van der Waals surface area contributed by atoms with Crippen LogP contribution in [-0.4, -0.2) is 23.1 Å². The van der Waals surface area contributed by atoms with Gasteiger partial charge in [0.2, 0.25) is 0 Å². The van der Waals surface area contributed by atoms with Gasteiger partial charge in [-0.1, -0.05) is 24.3 Å². The van der Waals surface area contributed by atoms with E-state index in [1.54, 1.807) is 12.1 Å². The van der Waals surface area contributed by atoms with Gasteiger partial charge in [-0.25, -0.2) is 14.6 Å². The van der Waals surface area contributed by atoms with Gasteiger partial charge in [0.05, 0.1) is 34.9 Å². The van der Waals surface area contributed by atoms with Crippen LogP contribution in [0, 0.1) is 0 Å². The molecule has 6 aromatic rings. The van der Waals surface area contributed by atoms with Crippen molar-refractivity contribution in [2.75, 3.05) is 18.0 Å². The van der Waals surface area contributed by atoms with Crippen LogP contribution in [-0.2, 0) is 0 Å². The van der Waals surface area contributed by atoms with E-state index in [1.165, 1.54) is 12.4 Å². The molecule has 3 aromatic heterocycles. The fraction of sp³-hybridized carbons (Fsp3) is 0.133. The van der Waals surface area contributed by atoms with Crippen LogP contribution in [0.1, 0.15) is 13.8 Å². The normalized spacial score (nSPS) is 11.4. The molecule has 0 unspecified atom stereocenters. The standard InChI is InChI=1S/C30H23N3O4/c1-3-33(4-2)22-10-9-20-12-23(29(34)37-28(20)15-22)25-16-31-17-26(32-25)24-13-21-11-18-7-5-6-8-19(18)14-27(21)36-30(24)35/h5-17H,3-4H2,1-2H3. The van der Waals surface area contributed by atoms with Gasteiger partial charge in [0, 0.05) is 35.6 Å². The number of nitrogens with zero attached hydrogens (tertiary/aromatic N) is 3. The molecule has 0 aliphatic carbocycles. The Balaban J connectivity index is 1.44. The molecular weight excluding hydrogens is 466 g/mol. The first-order valence-electron chi connectivity index (χ1n) is 12.2. The van der Waals surface area contributed by atoms with Crippen molar-refractivity contribution in [3.63, 3.8) is 0 Å². The summed E-state index contributed by atoms with van der Waals surface area (Å²) >= 11 is 0. The van der Waals surface area contributed by atoms with Crippen molar-refractivity contribution in [1.82, 2.24) is 9.97 Å². The summed E-state index contributed by atoms with van der Waals surface area (Å²) in [6.45, 7) is 5.87. The first kappa shape index (κ1) is 22.7. The lowest BCUT2D eigenvalue weighted by molar-refractivity contribution is 0.562. The lowest BCUT2D eigenvalue weighted by Gasteiger charge is -2.21. The van der Waals surface area contributed by atoms with Gasteiger partial charge in [-0.3, -0.25) is 4.98 Å². The Hall–Kier alpha value is -4.78. The van der Waals surface area contributed by atoms with Crippen molar-refractivity contribution in [1.29, 1.82) is 0 Å². The second-order valence-electron chi connectivity index (χ2n) is 8.82. The Morgan fingerprint density at radius 2 is 1.27 bits per heavy atom. The molecule has 3 aromatic carbocycles. The molecule has 37 heavy (non-hydrogen) atoms. The fourth-order valence-corrected chi connectivity index (χ4v) is 4.68. The van der Waals surface area contributed by atoms with E-state index in [9.17, 15) is 9.59 Å². The second kappa shape index (κ2) is 9.02. The van der Waals surface area contributed by atoms with Crippen LogP contribution >= 0.6 is 0 Å². The summed E-state index contributed by atoms with van der Waals surface area (Å²) < 4.78 is 11.3. The molecule has 0 radical (unpaired) electrons. The predicted molar refractivity (Wildman–Crippen MR) is 146 cm³/mol. The third-order valence-electron chi connectivity index (χ3n) is 6.64. The van der Waals surface area contributed by atoms with Crippen LogP contribution < -0.4 is 16.2 Å². The molecule has 6 rings (SSSR count). The fourth-order valence-electron chi connectivity index (χ4n) is 4.68. The Morgan fingerprint density at radius 3 is 1.92 bits per heavy atom. The summed E-state index contributed by atoms with van der Waals surface area (Å²) in [5.74, 6) is 0. The molecule has 0 aliphatic heterocycles. The smallest absolute Gasteiger partial charge is 0.345 e. The molecule has 0 amide bonds. The molecule has 0 saturated carbocycles. The van der Waals surface area contributed by atoms with Crippen LogP contribution in [0.3, 0.4) is 0 Å². The first-order valence-corrected chi connectivity index (χ1v) is 12.2. The maximum Gasteiger partial charge on any atom is 0.345 e. The SMILES string of the molecule is CCN(CC)c1ccc2cc(-c3cncc(-c4cc5cc6ccccc6cc5oc4=O)n3)c(=O)oc2c1. The summed E-state index contributed by atoms with van der Waals surface area (Å²) in [5.41, 5.74) is 2.12. The van der Waals surface area contributed by atoms with Crippen molar-refractivity contribution in [2.45, 2.75) is 13.8 Å². The van der Waals surface area contributed by atoms with Gasteiger partial charge in [0.15, 0.2) is 0 Å². The van der Waals surface area contributed by atoms with E-state index in [-0.39, 0.29) is 11.1 Å². The summed E-state index contributed by atoms with van der Waals surface area (Å²) in [5, 5.41) is 3.57. The number of anilines is 1. The Labute approximate surface area is 211 Å². The van der Waals surface area contributed by atoms with Crippen molar-refractivity contribution in [3.8, 4) is 22.5 Å². The third kappa shape index (κ3) is 4.04. The summed E-state index contributed by atoms with van der Waals surface area (Å²) in [6.07, 6.45) is 2.98. The van der Waals surface area contributed by atoms with E-state index in [0.29, 0.717) is 22.6 Å². The van der Waals surface area contributed by atoms with E-state index >= 15 is 0 Å². The largest absolute Gasteiger partial charge is 0.422 e. The van der Waals surface area contributed by atoms with Gasteiger partial charge in [-0.05, 0) is 61.0 Å². The molecule has 3 heterocycles. The Bertz CT molecular complexity index is 1920. The number of benzene rings is 3. The number of hydrogen-bond acceptors (Lipinski definition) is 7. The highest BCUT2D eigenvalue weighted by Crippen LogP contribution is 2.27. The number of fused-ring (bicyclic) bond motifs is 3. The van der Waals surface area contributed by atoms with Crippen LogP contribution in [0.25, 0.3) is 55.2 Å². The highest BCUT2D eigenvalue weighted by molar-refractivity contribution is 5.96. The van der Waals surface area contributed by atoms with Crippen LogP contribution in [0.4, 0.5) is 5.69 Å². The summed E-state index contributed by atoms with van der Waals surface area (Å²) in [6, 6.07) is 21.0. The van der Waals surface area contributed by atoms with Gasteiger partial charge in [-0.15, -0.1) is 0 Å².